The van der Waals surface area contributed by atoms with E-state index < -0.39 is 11.7 Å². The van der Waals surface area contributed by atoms with Crippen LogP contribution in [-0.2, 0) is 19.0 Å². The molecule has 0 aliphatic carbocycles. The molecular weight excluding hydrogens is 682 g/mol. The van der Waals surface area contributed by atoms with Crippen molar-refractivity contribution in [2.45, 2.75) is 146 Å². The van der Waals surface area contributed by atoms with Crippen molar-refractivity contribution in [1.29, 1.82) is 0 Å². The summed E-state index contributed by atoms with van der Waals surface area (Å²) < 4.78 is 15.5. The van der Waals surface area contributed by atoms with Crippen molar-refractivity contribution in [3.8, 4) is 0 Å². The van der Waals surface area contributed by atoms with E-state index in [1.807, 2.05) is 38.1 Å². The van der Waals surface area contributed by atoms with Crippen LogP contribution in [-0.4, -0.2) is 48.3 Å². The quantitative estimate of drug-likeness (QED) is 0.136. The molecule has 294 valence electrons. The first-order valence-corrected chi connectivity index (χ1v) is 18.0. The Kier molecular flexibility index (Phi) is 20.3. The molecule has 10 nitrogen and oxygen atoms in total. The zero-order chi connectivity index (χ0) is 39.2. The molecule has 0 fully saturated rings. The average Bonchev–Trinajstić information content (AvgIpc) is 2.99. The summed E-state index contributed by atoms with van der Waals surface area (Å²) in [5, 5.41) is 5.46. The number of esters is 2. The fourth-order valence-electron chi connectivity index (χ4n) is 4.65. The highest BCUT2D eigenvalue weighted by atomic mass is 35.5. The summed E-state index contributed by atoms with van der Waals surface area (Å²) in [5.41, 5.74) is 8.94. The monoisotopic (exact) mass is 747 g/mol. The van der Waals surface area contributed by atoms with Crippen LogP contribution in [0.4, 0.5) is 4.79 Å². The number of hydrogen-bond donors (Lipinski definition) is 3. The van der Waals surface area contributed by atoms with Gasteiger partial charge in [0.25, 0.3) is 0 Å². The van der Waals surface area contributed by atoms with Gasteiger partial charge in [0.05, 0.1) is 29.4 Å². The summed E-state index contributed by atoms with van der Waals surface area (Å²) in [4.78, 5) is 48.1. The van der Waals surface area contributed by atoms with Crippen molar-refractivity contribution in [3.63, 3.8) is 0 Å². The van der Waals surface area contributed by atoms with Crippen molar-refractivity contribution < 1.29 is 33.4 Å². The zero-order valence-electron chi connectivity index (χ0n) is 33.8. The van der Waals surface area contributed by atoms with Crippen molar-refractivity contribution >= 4 is 36.3 Å². The lowest BCUT2D eigenvalue weighted by atomic mass is 9.87. The molecule has 52 heavy (non-hydrogen) atoms. The summed E-state index contributed by atoms with van der Waals surface area (Å²) in [7, 11) is 0. The molecule has 0 spiro atoms. The zero-order valence-corrected chi connectivity index (χ0v) is 34.6. The molecule has 0 saturated carbocycles. The molecule has 11 heteroatoms. The van der Waals surface area contributed by atoms with E-state index in [9.17, 15) is 19.2 Å². The Balaban J connectivity index is 0.00000107. The van der Waals surface area contributed by atoms with E-state index in [0.29, 0.717) is 16.5 Å². The second-order valence-electron chi connectivity index (χ2n) is 16.9. The molecule has 0 aliphatic heterocycles. The number of hydrogen-bond acceptors (Lipinski definition) is 8. The third-order valence-electron chi connectivity index (χ3n) is 7.32. The first-order valence-electron chi connectivity index (χ1n) is 18.0. The molecule has 2 rings (SSSR count). The smallest absolute Gasteiger partial charge is 0.408 e. The minimum absolute atomic E-state index is 0. The van der Waals surface area contributed by atoms with Crippen LogP contribution in [0.25, 0.3) is 0 Å². The highest BCUT2D eigenvalue weighted by molar-refractivity contribution is 5.90. The molecule has 0 radical (unpaired) electrons. The summed E-state index contributed by atoms with van der Waals surface area (Å²) in [5.74, 6) is -0.971. The van der Waals surface area contributed by atoms with Gasteiger partial charge in [-0.1, -0.05) is 65.8 Å². The molecule has 0 heterocycles. The summed E-state index contributed by atoms with van der Waals surface area (Å²) in [6, 6.07) is 14.2. The second-order valence-corrected chi connectivity index (χ2v) is 16.9. The van der Waals surface area contributed by atoms with Crippen LogP contribution in [0, 0.1) is 10.8 Å². The summed E-state index contributed by atoms with van der Waals surface area (Å²) in [6.07, 6.45) is 2.69. The van der Waals surface area contributed by atoms with E-state index in [1.54, 1.807) is 58.9 Å². The maximum absolute atomic E-state index is 12.5. The Labute approximate surface area is 319 Å². The average molecular weight is 748 g/mol. The Hall–Kier alpha value is -3.63. The van der Waals surface area contributed by atoms with Crippen LogP contribution in [0.3, 0.4) is 0 Å². The van der Waals surface area contributed by atoms with E-state index in [-0.39, 0.29) is 66.5 Å². The minimum Gasteiger partial charge on any atom is -0.459 e. The van der Waals surface area contributed by atoms with Crippen LogP contribution in [0.5, 0.6) is 0 Å². The Bertz CT molecular complexity index is 1390. The summed E-state index contributed by atoms with van der Waals surface area (Å²) >= 11 is 0. The fourth-order valence-corrected chi connectivity index (χ4v) is 4.65. The van der Waals surface area contributed by atoms with E-state index in [4.69, 9.17) is 19.9 Å². The molecule has 4 N–H and O–H groups in total. The van der Waals surface area contributed by atoms with Crippen LogP contribution in [0.1, 0.15) is 160 Å². The van der Waals surface area contributed by atoms with Crippen LogP contribution < -0.4 is 16.4 Å². The lowest BCUT2D eigenvalue weighted by molar-refractivity contribution is -0.121. The molecule has 2 amide bonds. The number of nitrogens with two attached hydrogens (primary N) is 1. The molecule has 0 saturated heterocycles. The van der Waals surface area contributed by atoms with Gasteiger partial charge >= 0.3 is 18.0 Å². The van der Waals surface area contributed by atoms with Gasteiger partial charge < -0.3 is 30.6 Å². The van der Waals surface area contributed by atoms with Crippen LogP contribution in [0.2, 0.25) is 0 Å². The van der Waals surface area contributed by atoms with Gasteiger partial charge in [0.2, 0.25) is 5.91 Å². The topological polar surface area (TPSA) is 146 Å². The van der Waals surface area contributed by atoms with Gasteiger partial charge in [-0.15, -0.1) is 12.4 Å². The largest absolute Gasteiger partial charge is 0.459 e. The van der Waals surface area contributed by atoms with Crippen molar-refractivity contribution in [3.05, 3.63) is 70.8 Å². The van der Waals surface area contributed by atoms with E-state index >= 15 is 0 Å². The predicted molar refractivity (Wildman–Crippen MR) is 211 cm³/mol. The molecular formula is C41H66ClN3O7. The molecule has 0 bridgehead atoms. The van der Waals surface area contributed by atoms with Crippen molar-refractivity contribution in [1.82, 2.24) is 10.6 Å². The van der Waals surface area contributed by atoms with Gasteiger partial charge in [0, 0.05) is 6.04 Å². The van der Waals surface area contributed by atoms with Gasteiger partial charge in [-0.05, 0) is 120 Å². The fraction of sp³-hybridized carbons (Fsp3) is 0.610. The highest BCUT2D eigenvalue weighted by Crippen LogP contribution is 2.28. The normalized spacial score (nSPS) is 12.8. The number of alkyl carbamates (subject to hydrolysis) is 1. The maximum Gasteiger partial charge on any atom is 0.408 e. The minimum atomic E-state index is -0.637. The van der Waals surface area contributed by atoms with E-state index in [2.05, 4.69) is 52.2 Å². The Morgan fingerprint density at radius 1 is 0.654 bits per heavy atom. The molecule has 2 aromatic rings. The predicted octanol–water partition coefficient (Wildman–Crippen LogP) is 9.26. The third-order valence-corrected chi connectivity index (χ3v) is 7.32. The molecule has 2 atom stereocenters. The van der Waals surface area contributed by atoms with Crippen molar-refractivity contribution in [2.24, 2.45) is 16.6 Å². The second kappa shape index (κ2) is 21.8. The standard InChI is InChI=1S/C24H38N2O5.C17H27NO2.ClH/c1-16(2)30-21(28)18-11-9-17(10-12-18)19(13-14-23(3,4)5)26-20(27)15-25-22(29)31-24(6,7)8;1-12(2)20-16(19)14-8-6-13(7-9-14)15(18)10-11-17(3,4)5;/h9-12,16,19H,13-15H2,1-8H3,(H,25,29)(H,26,27);6-9,12,15H,10-11,18H2,1-5H3;1H/t19-;15-;/m11./s1. The number of amides is 2. The summed E-state index contributed by atoms with van der Waals surface area (Å²) in [6.45, 7) is 25.4. The van der Waals surface area contributed by atoms with Gasteiger partial charge in [-0.2, -0.15) is 0 Å². The number of nitrogens with one attached hydrogen (secondary N) is 2. The lowest BCUT2D eigenvalue weighted by Gasteiger charge is -2.25. The molecule has 0 aromatic heterocycles. The van der Waals surface area contributed by atoms with E-state index in [0.717, 1.165) is 36.8 Å². The molecule has 0 aliphatic rings. The van der Waals surface area contributed by atoms with Crippen LogP contribution >= 0.6 is 12.4 Å². The van der Waals surface area contributed by atoms with Gasteiger partial charge in [-0.3, -0.25) is 4.79 Å². The maximum atomic E-state index is 12.5. The number of halogens is 1. The van der Waals surface area contributed by atoms with Gasteiger partial charge in [0.15, 0.2) is 0 Å². The number of benzene rings is 2. The molecule has 0 unspecified atom stereocenters. The highest BCUT2D eigenvalue weighted by Gasteiger charge is 2.22. The number of carbonyl (C=O) groups is 4. The van der Waals surface area contributed by atoms with E-state index in [1.165, 1.54) is 0 Å². The number of carbonyl (C=O) groups excluding carboxylic acids is 4. The molecule has 2 aromatic carbocycles. The van der Waals surface area contributed by atoms with Gasteiger partial charge in [0.1, 0.15) is 12.1 Å². The number of ether oxygens (including phenoxy) is 3. The lowest BCUT2D eigenvalue weighted by Crippen LogP contribution is -2.41. The number of rotatable bonds is 13. The first kappa shape index (κ1) is 48.4. The Morgan fingerprint density at radius 2 is 1.06 bits per heavy atom. The third kappa shape index (κ3) is 21.7. The van der Waals surface area contributed by atoms with Crippen molar-refractivity contribution in [2.75, 3.05) is 6.54 Å². The van der Waals surface area contributed by atoms with Crippen LogP contribution in [0.15, 0.2) is 48.5 Å². The first-order chi connectivity index (χ1) is 23.3. The SMILES string of the molecule is CC(C)OC(=O)c1ccc([C@@H](CCC(C)(C)C)NC(=O)CNC(=O)OC(C)(C)C)cc1.CC(C)OC(=O)c1ccc([C@H](N)CCC(C)(C)C)cc1.Cl. The van der Waals surface area contributed by atoms with Gasteiger partial charge in [-0.25, -0.2) is 14.4 Å². The Morgan fingerprint density at radius 3 is 1.44 bits per heavy atom.